The van der Waals surface area contributed by atoms with Crippen LogP contribution in [0.15, 0.2) is 12.7 Å². The van der Waals surface area contributed by atoms with Crippen LogP contribution < -0.4 is 0 Å². The maximum Gasteiger partial charge on any atom is 0.159 e. The van der Waals surface area contributed by atoms with Crippen LogP contribution in [0.1, 0.15) is 26.2 Å². The summed E-state index contributed by atoms with van der Waals surface area (Å²) in [5, 5.41) is 0. The van der Waals surface area contributed by atoms with Crippen LogP contribution in [0.2, 0.25) is 0 Å². The molecule has 3 nitrogen and oxygen atoms in total. The van der Waals surface area contributed by atoms with E-state index in [2.05, 4.69) is 18.4 Å². The van der Waals surface area contributed by atoms with Crippen molar-refractivity contribution in [2.75, 3.05) is 27.3 Å². The molecule has 1 saturated heterocycles. The van der Waals surface area contributed by atoms with Gasteiger partial charge in [-0.25, -0.2) is 0 Å². The number of ether oxygens (including phenoxy) is 2. The van der Waals surface area contributed by atoms with Crippen LogP contribution in [-0.2, 0) is 9.47 Å². The molecule has 1 fully saturated rings. The van der Waals surface area contributed by atoms with E-state index < -0.39 is 0 Å². The van der Waals surface area contributed by atoms with Gasteiger partial charge in [0.05, 0.1) is 0 Å². The molecule has 0 bridgehead atoms. The molecule has 3 heteroatoms. The first kappa shape index (κ1) is 13.7. The van der Waals surface area contributed by atoms with Gasteiger partial charge >= 0.3 is 0 Å². The predicted molar refractivity (Wildman–Crippen MR) is 66.4 cm³/mol. The highest BCUT2D eigenvalue weighted by molar-refractivity contribution is 4.82. The van der Waals surface area contributed by atoms with Crippen molar-refractivity contribution < 1.29 is 9.47 Å². The maximum atomic E-state index is 5.33. The normalized spacial score (nSPS) is 21.2. The summed E-state index contributed by atoms with van der Waals surface area (Å²) in [4.78, 5) is 2.53. The molecular weight excluding hydrogens is 202 g/mol. The lowest BCUT2D eigenvalue weighted by molar-refractivity contribution is -0.147. The Morgan fingerprint density at radius 3 is 2.31 bits per heavy atom. The number of hydrogen-bond acceptors (Lipinski definition) is 3. The highest BCUT2D eigenvalue weighted by Crippen LogP contribution is 2.24. The van der Waals surface area contributed by atoms with Crippen LogP contribution in [0.5, 0.6) is 0 Å². The highest BCUT2D eigenvalue weighted by atomic mass is 16.7. The minimum atomic E-state index is -0.0307. The molecule has 1 atom stereocenters. The van der Waals surface area contributed by atoms with Gasteiger partial charge in [-0.3, -0.25) is 0 Å². The van der Waals surface area contributed by atoms with E-state index in [1.165, 1.54) is 0 Å². The van der Waals surface area contributed by atoms with Crippen molar-refractivity contribution in [3.8, 4) is 0 Å². The smallest absolute Gasteiger partial charge is 0.159 e. The first-order valence-electron chi connectivity index (χ1n) is 6.13. The molecular formula is C13H25NO2. The summed E-state index contributed by atoms with van der Waals surface area (Å²) < 4.78 is 10.7. The van der Waals surface area contributed by atoms with Gasteiger partial charge in [0.15, 0.2) is 6.29 Å². The van der Waals surface area contributed by atoms with Crippen LogP contribution in [0.4, 0.5) is 0 Å². The second-order valence-corrected chi connectivity index (χ2v) is 4.59. The van der Waals surface area contributed by atoms with Gasteiger partial charge in [0.1, 0.15) is 0 Å². The summed E-state index contributed by atoms with van der Waals surface area (Å²) in [6.45, 7) is 8.35. The summed E-state index contributed by atoms with van der Waals surface area (Å²) in [6, 6.07) is 0.613. The Hall–Kier alpha value is -0.380. The fraction of sp³-hybridized carbons (Fsp3) is 0.846. The Morgan fingerprint density at radius 1 is 1.31 bits per heavy atom. The molecule has 0 spiro atoms. The summed E-state index contributed by atoms with van der Waals surface area (Å²) in [5.74, 6) is 0.544. The molecule has 1 heterocycles. The lowest BCUT2D eigenvalue weighted by atomic mass is 9.95. The van der Waals surface area contributed by atoms with Gasteiger partial charge < -0.3 is 14.4 Å². The zero-order valence-corrected chi connectivity index (χ0v) is 10.8. The number of hydrogen-bond donors (Lipinski definition) is 0. The largest absolute Gasteiger partial charge is 0.356 e. The fourth-order valence-corrected chi connectivity index (χ4v) is 2.50. The van der Waals surface area contributed by atoms with Crippen molar-refractivity contribution >= 4 is 0 Å². The van der Waals surface area contributed by atoms with Gasteiger partial charge in [-0.2, -0.15) is 0 Å². The zero-order chi connectivity index (χ0) is 12.0. The monoisotopic (exact) mass is 227 g/mol. The average Bonchev–Trinajstić information content (AvgIpc) is 2.32. The van der Waals surface area contributed by atoms with E-state index in [0.717, 1.165) is 32.4 Å². The van der Waals surface area contributed by atoms with Crippen LogP contribution in [0.3, 0.4) is 0 Å². The first-order valence-corrected chi connectivity index (χ1v) is 6.13. The lowest BCUT2D eigenvalue weighted by Gasteiger charge is -2.37. The Kier molecular flexibility index (Phi) is 6.03. The Morgan fingerprint density at radius 2 is 1.88 bits per heavy atom. The molecule has 1 unspecified atom stereocenters. The molecule has 1 aliphatic heterocycles. The summed E-state index contributed by atoms with van der Waals surface area (Å²) in [7, 11) is 3.45. The Bertz CT molecular complexity index is 196. The van der Waals surface area contributed by atoms with Gasteiger partial charge in [0.25, 0.3) is 0 Å². The van der Waals surface area contributed by atoms with Crippen molar-refractivity contribution in [2.45, 2.75) is 38.5 Å². The van der Waals surface area contributed by atoms with Crippen LogP contribution >= 0.6 is 0 Å². The molecule has 0 saturated carbocycles. The van der Waals surface area contributed by atoms with Crippen molar-refractivity contribution in [2.24, 2.45) is 5.92 Å². The number of likely N-dealkylation sites (tertiary alicyclic amines) is 1. The van der Waals surface area contributed by atoms with E-state index in [9.17, 15) is 0 Å². The van der Waals surface area contributed by atoms with Crippen LogP contribution in [0.25, 0.3) is 0 Å². The van der Waals surface area contributed by atoms with E-state index >= 15 is 0 Å². The molecule has 0 aromatic rings. The number of methoxy groups -OCH3 is 2. The molecule has 16 heavy (non-hydrogen) atoms. The molecule has 94 valence electrons. The molecule has 0 radical (unpaired) electrons. The predicted octanol–water partition coefficient (Wildman–Crippen LogP) is 2.28. The van der Waals surface area contributed by atoms with Gasteiger partial charge in [-0.15, -0.1) is 6.58 Å². The topological polar surface area (TPSA) is 21.7 Å². The van der Waals surface area contributed by atoms with E-state index in [1.54, 1.807) is 14.2 Å². The highest BCUT2D eigenvalue weighted by Gasteiger charge is 2.27. The van der Waals surface area contributed by atoms with E-state index in [1.807, 2.05) is 6.08 Å². The lowest BCUT2D eigenvalue weighted by Crippen LogP contribution is -2.42. The Labute approximate surface area is 99.4 Å². The SMILES string of the molecule is C=CCC(C)N1CCC(C(OC)OC)CC1. The Balaban J connectivity index is 2.35. The second kappa shape index (κ2) is 7.05. The maximum absolute atomic E-state index is 5.33. The standard InChI is InChI=1S/C13H25NO2/c1-5-6-11(2)14-9-7-12(8-10-14)13(15-3)16-4/h5,11-13H,1,6-10H2,2-4H3. The number of piperidine rings is 1. The van der Waals surface area contributed by atoms with Gasteiger partial charge in [0.2, 0.25) is 0 Å². The zero-order valence-electron chi connectivity index (χ0n) is 10.8. The summed E-state index contributed by atoms with van der Waals surface area (Å²) in [6.07, 6.45) is 5.37. The van der Waals surface area contributed by atoms with E-state index in [0.29, 0.717) is 12.0 Å². The minimum absolute atomic E-state index is 0.0307. The van der Waals surface area contributed by atoms with Gasteiger partial charge in [0, 0.05) is 26.2 Å². The minimum Gasteiger partial charge on any atom is -0.356 e. The fourth-order valence-electron chi connectivity index (χ4n) is 2.50. The molecule has 0 amide bonds. The van der Waals surface area contributed by atoms with E-state index in [4.69, 9.17) is 9.47 Å². The molecule has 0 aromatic heterocycles. The molecule has 0 N–H and O–H groups in total. The third-order valence-corrected chi connectivity index (χ3v) is 3.55. The average molecular weight is 227 g/mol. The molecule has 0 aliphatic carbocycles. The quantitative estimate of drug-likeness (QED) is 0.513. The molecule has 0 aromatic carbocycles. The third-order valence-electron chi connectivity index (χ3n) is 3.55. The molecule has 1 rings (SSSR count). The van der Waals surface area contributed by atoms with Crippen LogP contribution in [0, 0.1) is 5.92 Å². The molecule has 1 aliphatic rings. The van der Waals surface area contributed by atoms with Crippen molar-refractivity contribution in [1.82, 2.24) is 4.90 Å². The third kappa shape index (κ3) is 3.58. The first-order chi connectivity index (χ1) is 7.72. The van der Waals surface area contributed by atoms with Crippen molar-refractivity contribution in [1.29, 1.82) is 0 Å². The van der Waals surface area contributed by atoms with Gasteiger partial charge in [-0.1, -0.05) is 6.08 Å². The number of nitrogens with zero attached hydrogens (tertiary/aromatic N) is 1. The van der Waals surface area contributed by atoms with Crippen molar-refractivity contribution in [3.63, 3.8) is 0 Å². The van der Waals surface area contributed by atoms with E-state index in [-0.39, 0.29) is 6.29 Å². The number of rotatable bonds is 6. The second-order valence-electron chi connectivity index (χ2n) is 4.59. The summed E-state index contributed by atoms with van der Waals surface area (Å²) in [5.41, 5.74) is 0. The summed E-state index contributed by atoms with van der Waals surface area (Å²) >= 11 is 0. The van der Waals surface area contributed by atoms with Crippen molar-refractivity contribution in [3.05, 3.63) is 12.7 Å². The van der Waals surface area contributed by atoms with Crippen LogP contribution in [-0.4, -0.2) is 44.5 Å². The van der Waals surface area contributed by atoms with Gasteiger partial charge in [-0.05, 0) is 39.3 Å².